The van der Waals surface area contributed by atoms with Gasteiger partial charge in [0, 0.05) is 33.5 Å². The summed E-state index contributed by atoms with van der Waals surface area (Å²) in [4.78, 5) is 2.37. The highest BCUT2D eigenvalue weighted by atomic mass is 15.1. The minimum absolute atomic E-state index is 1.09. The molecule has 0 saturated carbocycles. The van der Waals surface area contributed by atoms with E-state index >= 15 is 0 Å². The smallest absolute Gasteiger partial charge is 0.0541 e. The Labute approximate surface area is 348 Å². The minimum Gasteiger partial charge on any atom is -0.311 e. The highest BCUT2D eigenvalue weighted by Crippen LogP contribution is 2.41. The third kappa shape index (κ3) is 5.50. The van der Waals surface area contributed by atoms with Gasteiger partial charge in [-0.25, -0.2) is 0 Å². The van der Waals surface area contributed by atoms with Crippen molar-refractivity contribution in [3.8, 4) is 27.9 Å². The van der Waals surface area contributed by atoms with E-state index in [1.165, 1.54) is 87.1 Å². The van der Waals surface area contributed by atoms with Gasteiger partial charge in [-0.05, 0) is 132 Å². The SMILES string of the molecule is c1ccc2c(-c3ccc(N(c4ccc(-c5ccc6c7ccccc7c7ccccc7c6c5)cc4)c4ccc(-n5c6ccccc6c6ccccc65)cc4)cc3)cccc2c1. The van der Waals surface area contributed by atoms with Gasteiger partial charge in [0.15, 0.2) is 0 Å². The van der Waals surface area contributed by atoms with Crippen LogP contribution >= 0.6 is 0 Å². The van der Waals surface area contributed by atoms with E-state index in [1.807, 2.05) is 0 Å². The van der Waals surface area contributed by atoms with Crippen molar-refractivity contribution in [1.29, 1.82) is 0 Å². The molecule has 0 radical (unpaired) electrons. The van der Waals surface area contributed by atoms with Crippen LogP contribution in [0.2, 0.25) is 0 Å². The number of hydrogen-bond acceptors (Lipinski definition) is 1. The molecule has 1 heterocycles. The molecule has 11 aromatic carbocycles. The summed E-state index contributed by atoms with van der Waals surface area (Å²) in [5.74, 6) is 0. The van der Waals surface area contributed by atoms with Crippen molar-refractivity contribution in [3.63, 3.8) is 0 Å². The Hall–Kier alpha value is -7.94. The van der Waals surface area contributed by atoms with Crippen LogP contribution in [0.5, 0.6) is 0 Å². The summed E-state index contributed by atoms with van der Waals surface area (Å²) >= 11 is 0. The summed E-state index contributed by atoms with van der Waals surface area (Å²) in [6.07, 6.45) is 0. The Kier molecular flexibility index (Phi) is 7.89. The van der Waals surface area contributed by atoms with Crippen LogP contribution in [0.25, 0.3) is 92.8 Å². The Morgan fingerprint density at radius 2 is 0.683 bits per heavy atom. The Morgan fingerprint density at radius 3 is 1.27 bits per heavy atom. The van der Waals surface area contributed by atoms with Crippen molar-refractivity contribution in [3.05, 3.63) is 231 Å². The molecule has 0 amide bonds. The first kappa shape index (κ1) is 34.1. The largest absolute Gasteiger partial charge is 0.311 e. The molecule has 0 aliphatic carbocycles. The highest BCUT2D eigenvalue weighted by molar-refractivity contribution is 6.25. The zero-order valence-electron chi connectivity index (χ0n) is 32.8. The predicted octanol–water partition coefficient (Wildman–Crippen LogP) is 16.2. The molecule has 1 aromatic heterocycles. The lowest BCUT2D eigenvalue weighted by atomic mass is 9.92. The molecule has 2 heteroatoms. The number of aromatic nitrogens is 1. The van der Waals surface area contributed by atoms with Gasteiger partial charge in [0.05, 0.1) is 11.0 Å². The normalized spacial score (nSPS) is 11.7. The average Bonchev–Trinajstić information content (AvgIpc) is 3.66. The van der Waals surface area contributed by atoms with Gasteiger partial charge in [-0.1, -0.05) is 164 Å². The Balaban J connectivity index is 0.964. The predicted molar refractivity (Wildman–Crippen MR) is 256 cm³/mol. The summed E-state index contributed by atoms with van der Waals surface area (Å²) < 4.78 is 2.38. The molecule has 12 rings (SSSR count). The summed E-state index contributed by atoms with van der Waals surface area (Å²) in [6.45, 7) is 0. The number of fused-ring (bicyclic) bond motifs is 10. The van der Waals surface area contributed by atoms with Crippen molar-refractivity contribution < 1.29 is 0 Å². The molecule has 0 unspecified atom stereocenters. The van der Waals surface area contributed by atoms with E-state index in [2.05, 4.69) is 240 Å². The molecule has 12 aromatic rings. The van der Waals surface area contributed by atoms with Gasteiger partial charge in [0.2, 0.25) is 0 Å². The Bertz CT molecular complexity index is 3480. The van der Waals surface area contributed by atoms with Crippen LogP contribution in [0.4, 0.5) is 17.1 Å². The number of para-hydroxylation sites is 2. The highest BCUT2D eigenvalue weighted by Gasteiger charge is 2.17. The lowest BCUT2D eigenvalue weighted by Crippen LogP contribution is -2.10. The fourth-order valence-electron chi connectivity index (χ4n) is 9.56. The molecule has 0 atom stereocenters. The standard InChI is InChI=1S/C58H38N2/c1-2-14-47-40(12-1)13-11-21-48(47)41-26-31-44(32-27-41)59(45-33-35-46(36-34-45)60-57-22-9-7-19-54(57)55-20-8-10-23-58(55)60)43-29-24-39(25-30-43)42-28-37-53-51-17-4-3-15-49(51)50-16-5-6-18-52(50)56(53)38-42/h1-38H. The van der Waals surface area contributed by atoms with Crippen LogP contribution in [-0.2, 0) is 0 Å². The van der Waals surface area contributed by atoms with Crippen LogP contribution < -0.4 is 4.90 Å². The van der Waals surface area contributed by atoms with Gasteiger partial charge in [0.25, 0.3) is 0 Å². The summed E-state index contributed by atoms with van der Waals surface area (Å²) in [5, 5.41) is 12.8. The molecule has 0 aliphatic heterocycles. The van der Waals surface area contributed by atoms with Crippen molar-refractivity contribution in [2.24, 2.45) is 0 Å². The summed E-state index contributed by atoms with van der Waals surface area (Å²) in [6, 6.07) is 84.2. The van der Waals surface area contributed by atoms with E-state index in [0.29, 0.717) is 0 Å². The van der Waals surface area contributed by atoms with Crippen LogP contribution in [-0.4, -0.2) is 4.57 Å². The fraction of sp³-hybridized carbons (Fsp3) is 0. The maximum Gasteiger partial charge on any atom is 0.0541 e. The second kappa shape index (κ2) is 13.9. The lowest BCUT2D eigenvalue weighted by molar-refractivity contribution is 1.17. The first-order chi connectivity index (χ1) is 29.8. The summed E-state index contributed by atoms with van der Waals surface area (Å²) in [5.41, 5.74) is 11.7. The van der Waals surface area contributed by atoms with E-state index in [0.717, 1.165) is 22.7 Å². The molecular formula is C58H38N2. The second-order valence-corrected chi connectivity index (χ2v) is 15.7. The topological polar surface area (TPSA) is 8.17 Å². The van der Waals surface area contributed by atoms with Crippen molar-refractivity contribution >= 4 is 82.0 Å². The van der Waals surface area contributed by atoms with E-state index < -0.39 is 0 Å². The molecular weight excluding hydrogens is 725 g/mol. The fourth-order valence-corrected chi connectivity index (χ4v) is 9.56. The minimum atomic E-state index is 1.09. The molecule has 2 nitrogen and oxygen atoms in total. The van der Waals surface area contributed by atoms with E-state index in [4.69, 9.17) is 0 Å². The van der Waals surface area contributed by atoms with Gasteiger partial charge in [0.1, 0.15) is 0 Å². The van der Waals surface area contributed by atoms with Crippen molar-refractivity contribution in [2.45, 2.75) is 0 Å². The quantitative estimate of drug-likeness (QED) is 0.153. The third-order valence-corrected chi connectivity index (χ3v) is 12.4. The van der Waals surface area contributed by atoms with Crippen molar-refractivity contribution in [2.75, 3.05) is 4.90 Å². The molecule has 280 valence electrons. The van der Waals surface area contributed by atoms with Gasteiger partial charge in [-0.2, -0.15) is 0 Å². The number of benzene rings is 11. The maximum atomic E-state index is 2.38. The molecule has 0 spiro atoms. The maximum absolute atomic E-state index is 2.38. The molecule has 60 heavy (non-hydrogen) atoms. The van der Waals surface area contributed by atoms with Crippen LogP contribution in [0, 0.1) is 0 Å². The number of rotatable bonds is 6. The zero-order valence-corrected chi connectivity index (χ0v) is 32.8. The number of hydrogen-bond donors (Lipinski definition) is 0. The lowest BCUT2D eigenvalue weighted by Gasteiger charge is -2.26. The van der Waals surface area contributed by atoms with Crippen molar-refractivity contribution in [1.82, 2.24) is 4.57 Å². The summed E-state index contributed by atoms with van der Waals surface area (Å²) in [7, 11) is 0. The average molecular weight is 763 g/mol. The number of anilines is 3. The monoisotopic (exact) mass is 762 g/mol. The van der Waals surface area contributed by atoms with Gasteiger partial charge >= 0.3 is 0 Å². The second-order valence-electron chi connectivity index (χ2n) is 15.7. The van der Waals surface area contributed by atoms with Crippen LogP contribution in [0.1, 0.15) is 0 Å². The molecule has 0 fully saturated rings. The van der Waals surface area contributed by atoms with Gasteiger partial charge in [-0.15, -0.1) is 0 Å². The van der Waals surface area contributed by atoms with Gasteiger partial charge < -0.3 is 9.47 Å². The molecule has 0 aliphatic rings. The first-order valence-electron chi connectivity index (χ1n) is 20.7. The zero-order chi connectivity index (χ0) is 39.6. The van der Waals surface area contributed by atoms with E-state index in [-0.39, 0.29) is 0 Å². The third-order valence-electron chi connectivity index (χ3n) is 12.4. The Morgan fingerprint density at radius 1 is 0.267 bits per heavy atom. The number of nitrogens with zero attached hydrogens (tertiary/aromatic N) is 2. The van der Waals surface area contributed by atoms with Crippen LogP contribution in [0.15, 0.2) is 231 Å². The first-order valence-corrected chi connectivity index (χ1v) is 20.7. The molecule has 0 saturated heterocycles. The molecule has 0 bridgehead atoms. The van der Waals surface area contributed by atoms with E-state index in [9.17, 15) is 0 Å². The van der Waals surface area contributed by atoms with Crippen LogP contribution in [0.3, 0.4) is 0 Å². The molecule has 0 N–H and O–H groups in total. The van der Waals surface area contributed by atoms with Gasteiger partial charge in [-0.3, -0.25) is 0 Å². The van der Waals surface area contributed by atoms with E-state index in [1.54, 1.807) is 0 Å².